The summed E-state index contributed by atoms with van der Waals surface area (Å²) < 4.78 is 47.8. The largest absolute Gasteiger partial charge is 0.494 e. The van der Waals surface area contributed by atoms with E-state index in [4.69, 9.17) is 37.3 Å². The molecule has 0 radical (unpaired) electrons. The highest BCUT2D eigenvalue weighted by Crippen LogP contribution is 2.28. The van der Waals surface area contributed by atoms with Crippen LogP contribution in [0.1, 0.15) is 142 Å². The predicted octanol–water partition coefficient (Wildman–Crippen LogP) is 16.7. The minimum absolute atomic E-state index is 0.0820. The van der Waals surface area contributed by atoms with Crippen LogP contribution in [0, 0.1) is 0 Å². The summed E-state index contributed by atoms with van der Waals surface area (Å²) in [4.78, 5) is 26.9. The fourth-order valence-electron chi connectivity index (χ4n) is 8.93. The third-order valence-electron chi connectivity index (χ3n) is 13.3. The Morgan fingerprint density at radius 1 is 0.324 bits per heavy atom. The van der Waals surface area contributed by atoms with Crippen molar-refractivity contribution in [1.29, 1.82) is 0 Å². The van der Waals surface area contributed by atoms with Crippen LogP contribution < -0.4 is 39.3 Å². The molecule has 2 aromatic heterocycles. The van der Waals surface area contributed by atoms with Crippen LogP contribution in [0.5, 0.6) is 34.5 Å². The van der Waals surface area contributed by atoms with Crippen LogP contribution in [-0.2, 0) is 0 Å². The quantitative estimate of drug-likeness (QED) is 0.0352. The van der Waals surface area contributed by atoms with E-state index in [0.717, 1.165) is 72.6 Å². The van der Waals surface area contributed by atoms with Gasteiger partial charge in [0.2, 0.25) is 0 Å². The first kappa shape index (κ1) is 55.1. The Morgan fingerprint density at radius 3 is 0.986 bits per heavy atom. The van der Waals surface area contributed by atoms with Gasteiger partial charge < -0.3 is 37.3 Å². The molecule has 7 rings (SSSR count). The van der Waals surface area contributed by atoms with Gasteiger partial charge >= 0.3 is 0 Å². The lowest BCUT2D eigenvalue weighted by atomic mass is 10.1. The van der Waals surface area contributed by atoms with Gasteiger partial charge in [-0.1, -0.05) is 134 Å². The first-order valence-corrected chi connectivity index (χ1v) is 27.7. The number of ether oxygens (including phenoxy) is 6. The van der Waals surface area contributed by atoms with Gasteiger partial charge in [-0.25, -0.2) is 0 Å². The zero-order valence-corrected chi connectivity index (χ0v) is 44.0. The average Bonchev–Trinajstić information content (AvgIpc) is 3.42. The topological polar surface area (TPSA) is 116 Å². The molecular weight excluding hydrogens is 929 g/mol. The molecule has 0 aliphatic carbocycles. The Balaban J connectivity index is 0.742. The van der Waals surface area contributed by atoms with E-state index in [0.29, 0.717) is 84.2 Å². The van der Waals surface area contributed by atoms with Gasteiger partial charge in [0.1, 0.15) is 58.2 Å². The molecule has 0 atom stereocenters. The third kappa shape index (κ3) is 17.8. The molecule has 2 heterocycles. The summed E-state index contributed by atoms with van der Waals surface area (Å²) in [5, 5.41) is 1.02. The van der Waals surface area contributed by atoms with Crippen molar-refractivity contribution in [2.75, 3.05) is 39.6 Å². The molecule has 0 N–H and O–H groups in total. The number of unbranched alkanes of at least 4 members (excludes halogenated alkanes) is 16. The minimum atomic E-state index is -0.0820. The van der Waals surface area contributed by atoms with Crippen LogP contribution in [0.25, 0.3) is 44.2 Å². The molecule has 0 saturated heterocycles. The van der Waals surface area contributed by atoms with Gasteiger partial charge in [0.05, 0.1) is 61.5 Å². The van der Waals surface area contributed by atoms with Gasteiger partial charge in [0.15, 0.2) is 10.9 Å². The molecule has 10 heteroatoms. The Hall–Kier alpha value is -6.68. The van der Waals surface area contributed by atoms with Gasteiger partial charge in [-0.2, -0.15) is 0 Å². The van der Waals surface area contributed by atoms with Crippen LogP contribution in [0.2, 0.25) is 0 Å². The molecule has 0 unspecified atom stereocenters. The molecule has 0 aliphatic rings. The zero-order chi connectivity index (χ0) is 51.4. The van der Waals surface area contributed by atoms with Gasteiger partial charge in [-0.05, 0) is 110 Å². The number of benzene rings is 5. The van der Waals surface area contributed by atoms with Crippen molar-refractivity contribution in [3.8, 4) is 56.8 Å². The summed E-state index contributed by atoms with van der Waals surface area (Å²) in [6.45, 7) is 7.97. The second-order valence-electron chi connectivity index (χ2n) is 19.3. The number of fused-ring (bicyclic) bond motifs is 2. The van der Waals surface area contributed by atoms with E-state index >= 15 is 0 Å². The number of rotatable bonds is 36. The van der Waals surface area contributed by atoms with Crippen LogP contribution in [-0.4, -0.2) is 39.6 Å². The van der Waals surface area contributed by atoms with Crippen molar-refractivity contribution in [3.63, 3.8) is 0 Å². The highest BCUT2D eigenvalue weighted by molar-refractivity contribution is 5.83. The highest BCUT2D eigenvalue weighted by atomic mass is 16.5. The third-order valence-corrected chi connectivity index (χ3v) is 13.3. The van der Waals surface area contributed by atoms with Crippen LogP contribution >= 0.6 is 0 Å². The molecule has 0 spiro atoms. The van der Waals surface area contributed by atoms with E-state index < -0.39 is 0 Å². The van der Waals surface area contributed by atoms with E-state index in [2.05, 4.69) is 13.8 Å². The van der Waals surface area contributed by atoms with E-state index in [9.17, 15) is 9.59 Å². The minimum Gasteiger partial charge on any atom is -0.494 e. The van der Waals surface area contributed by atoms with Crippen molar-refractivity contribution >= 4 is 21.9 Å². The molecule has 0 aliphatic heterocycles. The fourth-order valence-corrected chi connectivity index (χ4v) is 8.93. The lowest BCUT2D eigenvalue weighted by Crippen LogP contribution is -2.06. The summed E-state index contributed by atoms with van der Waals surface area (Å²) >= 11 is 0. The summed E-state index contributed by atoms with van der Waals surface area (Å²) in [7, 11) is 0. The lowest BCUT2D eigenvalue weighted by Gasteiger charge is -2.11. The first-order valence-electron chi connectivity index (χ1n) is 27.7. The summed E-state index contributed by atoms with van der Waals surface area (Å²) in [5.41, 5.74) is 3.42. The maximum absolute atomic E-state index is 13.4. The van der Waals surface area contributed by atoms with Crippen molar-refractivity contribution < 1.29 is 37.3 Å². The van der Waals surface area contributed by atoms with Gasteiger partial charge in [0.25, 0.3) is 0 Å². The molecule has 0 bridgehead atoms. The first-order chi connectivity index (χ1) is 36.5. The maximum atomic E-state index is 13.4. The molecule has 74 heavy (non-hydrogen) atoms. The van der Waals surface area contributed by atoms with E-state index in [-0.39, 0.29) is 10.9 Å². The molecule has 0 amide bonds. The van der Waals surface area contributed by atoms with Crippen molar-refractivity contribution in [1.82, 2.24) is 0 Å². The standard InChI is InChI=1S/C64H78O10/c1-3-5-7-9-11-13-15-17-38-67-51-30-26-49(27-31-51)59-47-73-61-45-55(34-36-57(61)63(59)65)71-42-21-19-40-69-53-24-23-25-54(44-53)70-41-20-22-43-72-56-35-37-58-62(46-56)74-48-60(64(58)66)50-28-32-52(33-29-50)68-39-18-16-14-12-10-8-6-4-2/h23-37,44-48H,3-22,38-43H2,1-2H3. The molecule has 0 fully saturated rings. The monoisotopic (exact) mass is 1010 g/mol. The summed E-state index contributed by atoms with van der Waals surface area (Å²) in [6.07, 6.45) is 26.4. The molecule has 0 saturated carbocycles. The van der Waals surface area contributed by atoms with Crippen molar-refractivity contribution in [3.05, 3.63) is 142 Å². The summed E-state index contributed by atoms with van der Waals surface area (Å²) in [5.74, 6) is 4.40. The summed E-state index contributed by atoms with van der Waals surface area (Å²) in [6, 6.07) is 33.7. The Bertz CT molecular complexity index is 2640. The molecular formula is C64H78O10. The Morgan fingerprint density at radius 2 is 0.622 bits per heavy atom. The van der Waals surface area contributed by atoms with Crippen molar-refractivity contribution in [2.24, 2.45) is 0 Å². The van der Waals surface area contributed by atoms with E-state index in [1.807, 2.05) is 84.9 Å². The molecule has 5 aromatic carbocycles. The van der Waals surface area contributed by atoms with E-state index in [1.165, 1.54) is 102 Å². The SMILES string of the molecule is CCCCCCCCCCOc1ccc(-c2coc3cc(OCCCCOc4cccc(OCCCCOc5ccc6c(=O)c(-c7ccc(OCCCCCCCCCC)cc7)coc6c5)c4)ccc3c2=O)cc1. The van der Waals surface area contributed by atoms with Crippen LogP contribution in [0.4, 0.5) is 0 Å². The van der Waals surface area contributed by atoms with Gasteiger partial charge in [0, 0.05) is 18.2 Å². The second kappa shape index (κ2) is 31.1. The second-order valence-corrected chi connectivity index (χ2v) is 19.3. The molecule has 394 valence electrons. The zero-order valence-electron chi connectivity index (χ0n) is 44.0. The smallest absolute Gasteiger partial charge is 0.200 e. The van der Waals surface area contributed by atoms with Crippen molar-refractivity contribution in [2.45, 2.75) is 142 Å². The number of hydrogen-bond acceptors (Lipinski definition) is 10. The lowest BCUT2D eigenvalue weighted by molar-refractivity contribution is 0.259. The van der Waals surface area contributed by atoms with E-state index in [1.54, 1.807) is 24.3 Å². The normalized spacial score (nSPS) is 11.3. The maximum Gasteiger partial charge on any atom is 0.200 e. The highest BCUT2D eigenvalue weighted by Gasteiger charge is 2.13. The average molecular weight is 1010 g/mol. The fraction of sp³-hybridized carbons (Fsp3) is 0.438. The molecule has 10 nitrogen and oxygen atoms in total. The van der Waals surface area contributed by atoms with Crippen LogP contribution in [0.3, 0.4) is 0 Å². The predicted molar refractivity (Wildman–Crippen MR) is 299 cm³/mol. The Kier molecular flexibility index (Phi) is 23.2. The van der Waals surface area contributed by atoms with Gasteiger partial charge in [-0.3, -0.25) is 9.59 Å². The van der Waals surface area contributed by atoms with Gasteiger partial charge in [-0.15, -0.1) is 0 Å². The number of hydrogen-bond donors (Lipinski definition) is 0. The Labute approximate surface area is 438 Å². The van der Waals surface area contributed by atoms with Crippen LogP contribution in [0.15, 0.2) is 140 Å². The molecule has 7 aromatic rings.